The van der Waals surface area contributed by atoms with Gasteiger partial charge in [0, 0.05) is 0 Å². The summed E-state index contributed by atoms with van der Waals surface area (Å²) in [5, 5.41) is 7.68. The number of aryl methyl sites for hydroxylation is 1. The number of aromatic nitrogens is 2. The van der Waals surface area contributed by atoms with Gasteiger partial charge in [0.1, 0.15) is 16.3 Å². The van der Waals surface area contributed by atoms with Crippen molar-refractivity contribution in [2.45, 2.75) is 45.1 Å². The number of halogens is 1. The molecule has 33 heavy (non-hydrogen) atoms. The summed E-state index contributed by atoms with van der Waals surface area (Å²) >= 11 is 6.34. The van der Waals surface area contributed by atoms with E-state index in [0.717, 1.165) is 12.8 Å². The number of urea groups is 1. The molecule has 1 aromatic carbocycles. The topological polar surface area (TPSA) is 123 Å². The largest absolute Gasteiger partial charge is 0.452 e. The van der Waals surface area contributed by atoms with E-state index < -0.39 is 36.0 Å². The molecule has 2 aromatic rings. The fourth-order valence-electron chi connectivity index (χ4n) is 4.15. The fraction of sp³-hybridized carbons (Fsp3) is 0.409. The molecule has 0 radical (unpaired) electrons. The van der Waals surface area contributed by atoms with Gasteiger partial charge in [-0.05, 0) is 50.7 Å². The molecule has 1 aromatic heterocycles. The highest BCUT2D eigenvalue weighted by Gasteiger charge is 2.52. The Morgan fingerprint density at radius 1 is 1.24 bits per heavy atom. The number of hydrogen-bond acceptors (Lipinski definition) is 6. The van der Waals surface area contributed by atoms with Gasteiger partial charge < -0.3 is 10.1 Å². The third-order valence-electron chi connectivity index (χ3n) is 6.07. The van der Waals surface area contributed by atoms with Crippen molar-refractivity contribution in [3.05, 3.63) is 46.7 Å². The summed E-state index contributed by atoms with van der Waals surface area (Å²) in [5.74, 6) is -1.69. The van der Waals surface area contributed by atoms with Gasteiger partial charge >= 0.3 is 12.0 Å². The summed E-state index contributed by atoms with van der Waals surface area (Å²) in [7, 11) is 0. The molecule has 4 amide bonds. The summed E-state index contributed by atoms with van der Waals surface area (Å²) in [6.45, 7) is 2.99. The maximum atomic E-state index is 12.8. The van der Waals surface area contributed by atoms with E-state index in [2.05, 4.69) is 22.8 Å². The van der Waals surface area contributed by atoms with Crippen LogP contribution in [-0.4, -0.2) is 50.7 Å². The molecule has 11 heteroatoms. The van der Waals surface area contributed by atoms with Crippen molar-refractivity contribution in [1.29, 1.82) is 0 Å². The van der Waals surface area contributed by atoms with Crippen molar-refractivity contribution in [1.82, 2.24) is 25.5 Å². The second kappa shape index (κ2) is 8.86. The van der Waals surface area contributed by atoms with Crippen LogP contribution in [0.15, 0.2) is 30.3 Å². The van der Waals surface area contributed by atoms with Gasteiger partial charge in [0.25, 0.3) is 11.8 Å². The number of imide groups is 1. The molecular formula is C22H24ClN5O5. The fourth-order valence-corrected chi connectivity index (χ4v) is 4.50. The number of carbonyl (C=O) groups excluding carboxylic acids is 4. The summed E-state index contributed by atoms with van der Waals surface area (Å²) in [5.41, 5.74) is 2.26. The van der Waals surface area contributed by atoms with Gasteiger partial charge in [0.15, 0.2) is 6.61 Å². The van der Waals surface area contributed by atoms with E-state index in [1.807, 2.05) is 6.07 Å². The zero-order valence-electron chi connectivity index (χ0n) is 18.3. The van der Waals surface area contributed by atoms with Crippen molar-refractivity contribution in [2.24, 2.45) is 5.92 Å². The van der Waals surface area contributed by atoms with Crippen LogP contribution < -0.4 is 10.7 Å². The first-order valence-corrected chi connectivity index (χ1v) is 11.0. The van der Waals surface area contributed by atoms with Gasteiger partial charge in [0.05, 0.1) is 11.4 Å². The van der Waals surface area contributed by atoms with Crippen LogP contribution >= 0.6 is 11.6 Å². The minimum atomic E-state index is -0.982. The van der Waals surface area contributed by atoms with Gasteiger partial charge in [-0.1, -0.05) is 36.7 Å². The Labute approximate surface area is 195 Å². The molecule has 2 fully saturated rings. The molecule has 1 saturated carbocycles. The lowest BCUT2D eigenvalue weighted by molar-refractivity contribution is -0.141. The van der Waals surface area contributed by atoms with E-state index in [0.29, 0.717) is 35.1 Å². The minimum Gasteiger partial charge on any atom is -0.452 e. The number of amides is 4. The van der Waals surface area contributed by atoms with Crippen LogP contribution in [0, 0.1) is 12.8 Å². The van der Waals surface area contributed by atoms with Gasteiger partial charge in [-0.3, -0.25) is 15.0 Å². The van der Waals surface area contributed by atoms with E-state index >= 15 is 0 Å². The Kier molecular flexibility index (Phi) is 6.11. The number of benzene rings is 1. The van der Waals surface area contributed by atoms with Gasteiger partial charge in [-0.25, -0.2) is 14.3 Å². The van der Waals surface area contributed by atoms with Gasteiger partial charge in [-0.2, -0.15) is 10.1 Å². The number of carbonyl (C=O) groups is 4. The van der Waals surface area contributed by atoms with E-state index in [1.165, 1.54) is 4.68 Å². The van der Waals surface area contributed by atoms with Crippen LogP contribution in [0.4, 0.5) is 4.79 Å². The van der Waals surface area contributed by atoms with Crippen LogP contribution in [0.1, 0.15) is 48.7 Å². The van der Waals surface area contributed by atoms with E-state index in [9.17, 15) is 19.2 Å². The van der Waals surface area contributed by atoms with Crippen molar-refractivity contribution in [2.75, 3.05) is 6.61 Å². The lowest BCUT2D eigenvalue weighted by Gasteiger charge is -2.33. The number of rotatable bonds is 5. The van der Waals surface area contributed by atoms with Crippen LogP contribution in [0.25, 0.3) is 5.69 Å². The average molecular weight is 474 g/mol. The number of ether oxygens (including phenoxy) is 1. The van der Waals surface area contributed by atoms with E-state index in [-0.39, 0.29) is 10.7 Å². The number of nitrogens with one attached hydrogen (secondary N) is 2. The van der Waals surface area contributed by atoms with Crippen LogP contribution in [0.2, 0.25) is 5.15 Å². The van der Waals surface area contributed by atoms with Crippen molar-refractivity contribution < 1.29 is 23.9 Å². The summed E-state index contributed by atoms with van der Waals surface area (Å²) in [4.78, 5) is 50.0. The molecule has 0 atom stereocenters. The molecule has 2 N–H and O–H groups in total. The Bertz CT molecular complexity index is 1110. The third kappa shape index (κ3) is 4.30. The van der Waals surface area contributed by atoms with Crippen molar-refractivity contribution in [3.63, 3.8) is 0 Å². The molecule has 0 unspecified atom stereocenters. The Morgan fingerprint density at radius 3 is 2.58 bits per heavy atom. The maximum absolute atomic E-state index is 12.8. The quantitative estimate of drug-likeness (QED) is 0.508. The third-order valence-corrected chi connectivity index (χ3v) is 6.42. The highest BCUT2D eigenvalue weighted by Crippen LogP contribution is 2.35. The molecule has 1 spiro atoms. The zero-order chi connectivity index (χ0) is 23.8. The SMILES string of the molecule is Cc1nn(-c2ccccc2)c(Cl)c1C(=O)OCC(=O)NN1C(=O)NC2(CCC(C)CC2)C1=O. The first-order chi connectivity index (χ1) is 15.7. The molecule has 1 saturated heterocycles. The first-order valence-electron chi connectivity index (χ1n) is 10.7. The lowest BCUT2D eigenvalue weighted by atomic mass is 9.77. The minimum absolute atomic E-state index is 0.0265. The van der Waals surface area contributed by atoms with Crippen molar-refractivity contribution >= 4 is 35.4 Å². The van der Waals surface area contributed by atoms with Crippen molar-refractivity contribution in [3.8, 4) is 5.69 Å². The monoisotopic (exact) mass is 473 g/mol. The van der Waals surface area contributed by atoms with Gasteiger partial charge in [0.2, 0.25) is 0 Å². The Hall–Kier alpha value is -3.40. The predicted octanol–water partition coefficient (Wildman–Crippen LogP) is 2.52. The number of nitrogens with zero attached hydrogens (tertiary/aromatic N) is 3. The number of para-hydroxylation sites is 1. The average Bonchev–Trinajstić information content (AvgIpc) is 3.22. The Balaban J connectivity index is 1.38. The second-order valence-corrected chi connectivity index (χ2v) is 8.80. The van der Waals surface area contributed by atoms with E-state index in [1.54, 1.807) is 31.2 Å². The molecule has 1 aliphatic carbocycles. The molecule has 2 aliphatic rings. The standard InChI is InChI=1S/C22H24ClN5O5/c1-13-8-10-22(11-9-13)20(31)28(21(32)24-22)26-16(29)12-33-19(30)17-14(2)25-27(18(17)23)15-6-4-3-5-7-15/h3-7,13H,8-12H2,1-2H3,(H,24,32)(H,26,29). The van der Waals surface area contributed by atoms with Crippen LogP contribution in [-0.2, 0) is 14.3 Å². The number of esters is 1. The second-order valence-electron chi connectivity index (χ2n) is 8.45. The number of hydrazine groups is 1. The summed E-state index contributed by atoms with van der Waals surface area (Å²) in [6.07, 6.45) is 2.65. The molecule has 2 heterocycles. The Morgan fingerprint density at radius 2 is 1.91 bits per heavy atom. The highest BCUT2D eigenvalue weighted by atomic mass is 35.5. The highest BCUT2D eigenvalue weighted by molar-refractivity contribution is 6.33. The maximum Gasteiger partial charge on any atom is 0.344 e. The van der Waals surface area contributed by atoms with Gasteiger partial charge in [-0.15, -0.1) is 0 Å². The molecule has 10 nitrogen and oxygen atoms in total. The zero-order valence-corrected chi connectivity index (χ0v) is 19.0. The molecule has 1 aliphatic heterocycles. The smallest absolute Gasteiger partial charge is 0.344 e. The number of hydrogen-bond donors (Lipinski definition) is 2. The van der Waals surface area contributed by atoms with Crippen LogP contribution in [0.5, 0.6) is 0 Å². The molecule has 174 valence electrons. The van der Waals surface area contributed by atoms with Crippen LogP contribution in [0.3, 0.4) is 0 Å². The lowest BCUT2D eigenvalue weighted by Crippen LogP contribution is -2.52. The predicted molar refractivity (Wildman–Crippen MR) is 117 cm³/mol. The first kappa shape index (κ1) is 22.8. The summed E-state index contributed by atoms with van der Waals surface area (Å²) in [6, 6.07) is 8.30. The molecule has 4 rings (SSSR count). The normalized spacial score (nSPS) is 22.4. The van der Waals surface area contributed by atoms with E-state index in [4.69, 9.17) is 16.3 Å². The molecule has 0 bridgehead atoms. The summed E-state index contributed by atoms with van der Waals surface area (Å²) < 4.78 is 6.47. The molecular weight excluding hydrogens is 450 g/mol.